The first-order chi connectivity index (χ1) is 6.95. The third-order valence-electron chi connectivity index (χ3n) is 2.86. The highest BCUT2D eigenvalue weighted by atomic mass is 14.9. The summed E-state index contributed by atoms with van der Waals surface area (Å²) < 4.78 is 0. The van der Waals surface area contributed by atoms with Gasteiger partial charge in [-0.2, -0.15) is 0 Å². The Kier molecular flexibility index (Phi) is 1.66. The van der Waals surface area contributed by atoms with Crippen molar-refractivity contribution < 1.29 is 0 Å². The van der Waals surface area contributed by atoms with E-state index in [4.69, 9.17) is 0 Å². The number of hydrogen-bond acceptors (Lipinski definition) is 1. The van der Waals surface area contributed by atoms with E-state index in [0.717, 1.165) is 12.1 Å². The van der Waals surface area contributed by atoms with Crippen LogP contribution in [0.1, 0.15) is 17.7 Å². The van der Waals surface area contributed by atoms with Gasteiger partial charge >= 0.3 is 0 Å². The molecule has 0 aliphatic heterocycles. The number of H-pyrrole nitrogens is 1. The maximum atomic E-state index is 4.40. The second-order valence-electron chi connectivity index (χ2n) is 3.74. The lowest BCUT2D eigenvalue weighted by molar-refractivity contribution is 0.818. The molecular formula is C12H12N2. The molecule has 0 saturated carbocycles. The number of fused-ring (bicyclic) bond motifs is 3. The Morgan fingerprint density at radius 3 is 3.07 bits per heavy atom. The molecule has 14 heavy (non-hydrogen) atoms. The van der Waals surface area contributed by atoms with Gasteiger partial charge in [-0.15, -0.1) is 0 Å². The van der Waals surface area contributed by atoms with Gasteiger partial charge in [0.05, 0.1) is 12.0 Å². The summed E-state index contributed by atoms with van der Waals surface area (Å²) in [6, 6.07) is 8.57. The first kappa shape index (κ1) is 7.80. The highest BCUT2D eigenvalue weighted by Gasteiger charge is 2.15. The summed E-state index contributed by atoms with van der Waals surface area (Å²) in [4.78, 5) is 7.63. The second-order valence-corrected chi connectivity index (χ2v) is 3.74. The van der Waals surface area contributed by atoms with E-state index >= 15 is 0 Å². The van der Waals surface area contributed by atoms with Crippen LogP contribution in [0, 0.1) is 0 Å². The van der Waals surface area contributed by atoms with Crippen LogP contribution in [0.25, 0.3) is 11.3 Å². The number of imidazole rings is 1. The van der Waals surface area contributed by atoms with Crippen LogP contribution in [0.2, 0.25) is 0 Å². The predicted molar refractivity (Wildman–Crippen MR) is 56.0 cm³/mol. The van der Waals surface area contributed by atoms with Gasteiger partial charge in [0, 0.05) is 11.3 Å². The molecule has 0 unspecified atom stereocenters. The second kappa shape index (κ2) is 2.98. The van der Waals surface area contributed by atoms with Crippen LogP contribution in [0.5, 0.6) is 0 Å². The Labute approximate surface area is 83.0 Å². The number of benzene rings is 1. The van der Waals surface area contributed by atoms with E-state index in [1.54, 1.807) is 6.33 Å². The molecule has 0 amide bonds. The Morgan fingerprint density at radius 1 is 1.14 bits per heavy atom. The Morgan fingerprint density at radius 2 is 2.07 bits per heavy atom. The minimum absolute atomic E-state index is 1.12. The van der Waals surface area contributed by atoms with Crippen LogP contribution in [-0.2, 0) is 12.8 Å². The van der Waals surface area contributed by atoms with Crippen molar-refractivity contribution in [2.45, 2.75) is 19.3 Å². The molecule has 0 radical (unpaired) electrons. The molecule has 0 atom stereocenters. The first-order valence-electron chi connectivity index (χ1n) is 5.05. The van der Waals surface area contributed by atoms with E-state index in [-0.39, 0.29) is 0 Å². The lowest BCUT2D eigenvalue weighted by atomic mass is 10.0. The summed E-state index contributed by atoms with van der Waals surface area (Å²) >= 11 is 0. The molecule has 2 aromatic rings. The van der Waals surface area contributed by atoms with Crippen LogP contribution in [0.15, 0.2) is 30.6 Å². The predicted octanol–water partition coefficient (Wildman–Crippen LogP) is 2.57. The molecule has 1 heterocycles. The highest BCUT2D eigenvalue weighted by molar-refractivity contribution is 5.66. The molecule has 70 valence electrons. The van der Waals surface area contributed by atoms with Crippen LogP contribution < -0.4 is 0 Å². The number of aromatic nitrogens is 2. The number of aromatic amines is 1. The molecule has 0 bridgehead atoms. The van der Waals surface area contributed by atoms with E-state index in [2.05, 4.69) is 34.2 Å². The minimum Gasteiger partial charge on any atom is -0.348 e. The van der Waals surface area contributed by atoms with Gasteiger partial charge in [0.15, 0.2) is 0 Å². The molecule has 1 aromatic carbocycles. The summed E-state index contributed by atoms with van der Waals surface area (Å²) in [5, 5.41) is 0. The SMILES string of the molecule is c1ccc2c(c1)CCCc1[nH]cnc1-2. The fraction of sp³-hybridized carbons (Fsp3) is 0.250. The van der Waals surface area contributed by atoms with Gasteiger partial charge in [-0.1, -0.05) is 24.3 Å². The molecule has 1 aromatic heterocycles. The summed E-state index contributed by atoms with van der Waals surface area (Å²) in [6.45, 7) is 0. The van der Waals surface area contributed by atoms with Crippen molar-refractivity contribution in [3.63, 3.8) is 0 Å². The Bertz CT molecular complexity index is 457. The summed E-state index contributed by atoms with van der Waals surface area (Å²) in [7, 11) is 0. The molecule has 2 nitrogen and oxygen atoms in total. The van der Waals surface area contributed by atoms with Gasteiger partial charge in [-0.25, -0.2) is 4.98 Å². The first-order valence-corrected chi connectivity index (χ1v) is 5.05. The van der Waals surface area contributed by atoms with E-state index in [0.29, 0.717) is 0 Å². The number of aryl methyl sites for hydroxylation is 2. The van der Waals surface area contributed by atoms with E-state index in [1.165, 1.54) is 29.7 Å². The van der Waals surface area contributed by atoms with Crippen molar-refractivity contribution in [2.75, 3.05) is 0 Å². The molecular weight excluding hydrogens is 172 g/mol. The molecule has 0 saturated heterocycles. The lowest BCUT2D eigenvalue weighted by Crippen LogP contribution is -1.86. The quantitative estimate of drug-likeness (QED) is 0.669. The molecule has 0 fully saturated rings. The number of hydrogen-bond donors (Lipinski definition) is 1. The molecule has 1 N–H and O–H groups in total. The largest absolute Gasteiger partial charge is 0.348 e. The monoisotopic (exact) mass is 184 g/mol. The lowest BCUT2D eigenvalue weighted by Gasteiger charge is -2.02. The minimum atomic E-state index is 1.12. The summed E-state index contributed by atoms with van der Waals surface area (Å²) in [5.41, 5.74) is 5.17. The van der Waals surface area contributed by atoms with Crippen molar-refractivity contribution in [1.82, 2.24) is 9.97 Å². The topological polar surface area (TPSA) is 28.7 Å². The smallest absolute Gasteiger partial charge is 0.0929 e. The van der Waals surface area contributed by atoms with Gasteiger partial charge < -0.3 is 4.98 Å². The van der Waals surface area contributed by atoms with Gasteiger partial charge in [0.1, 0.15) is 0 Å². The number of rotatable bonds is 0. The Balaban J connectivity index is 2.27. The molecule has 1 aliphatic rings. The van der Waals surface area contributed by atoms with E-state index in [9.17, 15) is 0 Å². The molecule has 3 rings (SSSR count). The van der Waals surface area contributed by atoms with E-state index < -0.39 is 0 Å². The third kappa shape index (κ3) is 1.07. The Hall–Kier alpha value is -1.57. The standard InChI is InChI=1S/C12H12N2/c1-2-6-10-9(4-1)5-3-7-11-12(10)14-8-13-11/h1-2,4,6,8H,3,5,7H2,(H,13,14). The zero-order valence-electron chi connectivity index (χ0n) is 7.96. The average molecular weight is 184 g/mol. The highest BCUT2D eigenvalue weighted by Crippen LogP contribution is 2.29. The molecule has 1 aliphatic carbocycles. The fourth-order valence-electron chi connectivity index (χ4n) is 2.17. The van der Waals surface area contributed by atoms with Crippen LogP contribution >= 0.6 is 0 Å². The van der Waals surface area contributed by atoms with Crippen molar-refractivity contribution >= 4 is 0 Å². The fourth-order valence-corrected chi connectivity index (χ4v) is 2.17. The van der Waals surface area contributed by atoms with E-state index in [1.807, 2.05) is 0 Å². The van der Waals surface area contributed by atoms with Crippen molar-refractivity contribution in [2.24, 2.45) is 0 Å². The van der Waals surface area contributed by atoms with Gasteiger partial charge in [-0.05, 0) is 24.8 Å². The van der Waals surface area contributed by atoms with Crippen LogP contribution in [-0.4, -0.2) is 9.97 Å². The number of nitrogens with zero attached hydrogens (tertiary/aromatic N) is 1. The zero-order chi connectivity index (χ0) is 9.38. The summed E-state index contributed by atoms with van der Waals surface area (Å²) in [5.74, 6) is 0. The zero-order valence-corrected chi connectivity index (χ0v) is 7.96. The van der Waals surface area contributed by atoms with Crippen LogP contribution in [0.3, 0.4) is 0 Å². The van der Waals surface area contributed by atoms with Crippen molar-refractivity contribution in [3.8, 4) is 11.3 Å². The molecule has 2 heteroatoms. The van der Waals surface area contributed by atoms with Gasteiger partial charge in [-0.3, -0.25) is 0 Å². The van der Waals surface area contributed by atoms with Crippen molar-refractivity contribution in [1.29, 1.82) is 0 Å². The van der Waals surface area contributed by atoms with Gasteiger partial charge in [0.2, 0.25) is 0 Å². The third-order valence-corrected chi connectivity index (χ3v) is 2.86. The van der Waals surface area contributed by atoms with Crippen molar-refractivity contribution in [3.05, 3.63) is 41.9 Å². The number of nitrogens with one attached hydrogen (secondary N) is 1. The normalized spacial score (nSPS) is 14.3. The van der Waals surface area contributed by atoms with Gasteiger partial charge in [0.25, 0.3) is 0 Å². The summed E-state index contributed by atoms with van der Waals surface area (Å²) in [6.07, 6.45) is 5.30. The maximum absolute atomic E-state index is 4.40. The molecule has 0 spiro atoms. The van der Waals surface area contributed by atoms with Crippen LogP contribution in [0.4, 0.5) is 0 Å². The maximum Gasteiger partial charge on any atom is 0.0929 e. The average Bonchev–Trinajstić information content (AvgIpc) is 2.61.